The first kappa shape index (κ1) is 9.34. The molecule has 1 aliphatic rings. The van der Waals surface area contributed by atoms with Crippen LogP contribution in [0.1, 0.15) is 0 Å². The predicted octanol–water partition coefficient (Wildman–Crippen LogP) is 2.22. The van der Waals surface area contributed by atoms with Crippen LogP contribution in [0.3, 0.4) is 0 Å². The van der Waals surface area contributed by atoms with Crippen molar-refractivity contribution in [3.05, 3.63) is 48.6 Å². The van der Waals surface area contributed by atoms with E-state index in [0.717, 1.165) is 0 Å². The van der Waals surface area contributed by atoms with Crippen molar-refractivity contribution in [3.8, 4) is 0 Å². The van der Waals surface area contributed by atoms with Crippen molar-refractivity contribution in [2.75, 3.05) is 0 Å². The molecular formula is C8H8Ce+3. The Morgan fingerprint density at radius 1 is 0.333 bits per heavy atom. The molecule has 0 fully saturated rings. The molecule has 0 unspecified atom stereocenters. The zero-order chi connectivity index (χ0) is 5.66. The average molecular weight is 244 g/mol. The first-order valence-electron chi connectivity index (χ1n) is 2.67. The summed E-state index contributed by atoms with van der Waals surface area (Å²) in [5.74, 6) is 0. The van der Waals surface area contributed by atoms with Crippen LogP contribution in [0, 0.1) is 41.7 Å². The standard InChI is InChI=1S/C8H8.Ce/c1-2-4-6-8-7-5-3-1;/h1-8H;/q;+3/b2-1-,3-1?,4-2?,5-3-,6-4-,7-5?,8-6?,8-7-;. The third-order valence-electron chi connectivity index (χ3n) is 0.889. The van der Waals surface area contributed by atoms with Gasteiger partial charge in [0.05, 0.1) is 0 Å². The van der Waals surface area contributed by atoms with E-state index in [2.05, 4.69) is 0 Å². The third-order valence-corrected chi connectivity index (χ3v) is 0.889. The van der Waals surface area contributed by atoms with Crippen LogP contribution in [0.15, 0.2) is 48.6 Å². The molecule has 0 saturated carbocycles. The Bertz CT molecular complexity index is 105. The summed E-state index contributed by atoms with van der Waals surface area (Å²) >= 11 is 0. The van der Waals surface area contributed by atoms with Crippen LogP contribution in [0.4, 0.5) is 0 Å². The molecule has 1 radical (unpaired) electrons. The van der Waals surface area contributed by atoms with Crippen molar-refractivity contribution in [1.29, 1.82) is 0 Å². The number of hydrogen-bond donors (Lipinski definition) is 0. The molecule has 9 heavy (non-hydrogen) atoms. The second kappa shape index (κ2) is 6.46. The van der Waals surface area contributed by atoms with E-state index in [1.807, 2.05) is 48.6 Å². The molecule has 0 saturated heterocycles. The van der Waals surface area contributed by atoms with E-state index in [9.17, 15) is 0 Å². The van der Waals surface area contributed by atoms with Crippen molar-refractivity contribution in [3.63, 3.8) is 0 Å². The smallest absolute Gasteiger partial charge is 0.0623 e. The minimum Gasteiger partial charge on any atom is -0.0623 e. The molecule has 0 bridgehead atoms. The Labute approximate surface area is 89.4 Å². The predicted molar refractivity (Wildman–Crippen MR) is 36.6 cm³/mol. The van der Waals surface area contributed by atoms with Gasteiger partial charge in [-0.25, -0.2) is 0 Å². The van der Waals surface area contributed by atoms with Crippen LogP contribution in [0.2, 0.25) is 0 Å². The molecule has 0 aromatic carbocycles. The molecule has 1 heteroatoms. The van der Waals surface area contributed by atoms with Crippen LogP contribution in [-0.4, -0.2) is 0 Å². The van der Waals surface area contributed by atoms with E-state index in [-0.39, 0.29) is 41.7 Å². The summed E-state index contributed by atoms with van der Waals surface area (Å²) in [7, 11) is 0. The van der Waals surface area contributed by atoms with E-state index >= 15 is 0 Å². The van der Waals surface area contributed by atoms with E-state index in [1.54, 1.807) is 0 Å². The normalized spacial score (nSPS) is 28.4. The second-order valence-electron chi connectivity index (χ2n) is 1.54. The van der Waals surface area contributed by atoms with Gasteiger partial charge in [-0.1, -0.05) is 48.6 Å². The van der Waals surface area contributed by atoms with Crippen LogP contribution < -0.4 is 0 Å². The fourth-order valence-electron chi connectivity index (χ4n) is 0.513. The van der Waals surface area contributed by atoms with Gasteiger partial charge in [0, 0.05) is 0 Å². The van der Waals surface area contributed by atoms with Crippen molar-refractivity contribution >= 4 is 0 Å². The largest absolute Gasteiger partial charge is 3.00 e. The number of allylic oxidation sites excluding steroid dienone is 8. The van der Waals surface area contributed by atoms with E-state index in [0.29, 0.717) is 0 Å². The molecule has 0 aliphatic heterocycles. The van der Waals surface area contributed by atoms with E-state index in [4.69, 9.17) is 0 Å². The minimum absolute atomic E-state index is 0. The van der Waals surface area contributed by atoms with E-state index < -0.39 is 0 Å². The Hall–Kier alpha value is 0.337. The van der Waals surface area contributed by atoms with Crippen LogP contribution in [0.5, 0.6) is 0 Å². The summed E-state index contributed by atoms with van der Waals surface area (Å²) in [5, 5.41) is 0. The second-order valence-corrected chi connectivity index (χ2v) is 1.54. The summed E-state index contributed by atoms with van der Waals surface area (Å²) in [4.78, 5) is 0. The third kappa shape index (κ3) is 4.82. The Morgan fingerprint density at radius 2 is 0.444 bits per heavy atom. The molecule has 0 spiro atoms. The molecule has 0 atom stereocenters. The van der Waals surface area contributed by atoms with Crippen LogP contribution >= 0.6 is 0 Å². The molecule has 0 aromatic heterocycles. The molecular weight excluding hydrogens is 236 g/mol. The molecule has 41 valence electrons. The summed E-state index contributed by atoms with van der Waals surface area (Å²) in [5.41, 5.74) is 0. The van der Waals surface area contributed by atoms with Gasteiger partial charge in [0.15, 0.2) is 0 Å². The van der Waals surface area contributed by atoms with Gasteiger partial charge >= 0.3 is 41.7 Å². The molecule has 1 rings (SSSR count). The summed E-state index contributed by atoms with van der Waals surface area (Å²) in [6.45, 7) is 0. The summed E-state index contributed by atoms with van der Waals surface area (Å²) in [6.07, 6.45) is 16.0. The molecule has 0 heterocycles. The van der Waals surface area contributed by atoms with Crippen molar-refractivity contribution in [2.45, 2.75) is 0 Å². The van der Waals surface area contributed by atoms with Gasteiger partial charge in [-0.2, -0.15) is 0 Å². The Morgan fingerprint density at radius 3 is 0.556 bits per heavy atom. The Balaban J connectivity index is 0.000000640. The first-order chi connectivity index (χ1) is 4.00. The quantitative estimate of drug-likeness (QED) is 0.613. The van der Waals surface area contributed by atoms with Gasteiger partial charge in [-0.05, 0) is 0 Å². The van der Waals surface area contributed by atoms with Gasteiger partial charge < -0.3 is 0 Å². The van der Waals surface area contributed by atoms with Crippen LogP contribution in [-0.2, 0) is 0 Å². The van der Waals surface area contributed by atoms with Gasteiger partial charge in [-0.15, -0.1) is 0 Å². The zero-order valence-electron chi connectivity index (χ0n) is 5.12. The maximum atomic E-state index is 2.00. The fraction of sp³-hybridized carbons (Fsp3) is 0. The topological polar surface area (TPSA) is 0 Å². The van der Waals surface area contributed by atoms with Gasteiger partial charge in [0.25, 0.3) is 0 Å². The zero-order valence-corrected chi connectivity index (χ0v) is 8.26. The molecule has 0 amide bonds. The molecule has 0 N–H and O–H groups in total. The molecule has 1 aliphatic carbocycles. The van der Waals surface area contributed by atoms with Crippen molar-refractivity contribution < 1.29 is 41.7 Å². The summed E-state index contributed by atoms with van der Waals surface area (Å²) in [6, 6.07) is 0. The monoisotopic (exact) mass is 244 g/mol. The minimum atomic E-state index is 0. The SMILES string of the molecule is C1=C\C=C/C=C\C=C/1.[Ce+3]. The van der Waals surface area contributed by atoms with Crippen LogP contribution in [0.25, 0.3) is 0 Å². The fourth-order valence-corrected chi connectivity index (χ4v) is 0.513. The van der Waals surface area contributed by atoms with E-state index in [1.165, 1.54) is 0 Å². The number of rotatable bonds is 0. The Kier molecular flexibility index (Phi) is 6.70. The first-order valence-corrected chi connectivity index (χ1v) is 2.67. The van der Waals surface area contributed by atoms with Gasteiger partial charge in [0.1, 0.15) is 0 Å². The maximum absolute atomic E-state index is 2.00. The van der Waals surface area contributed by atoms with Crippen molar-refractivity contribution in [2.24, 2.45) is 0 Å². The maximum Gasteiger partial charge on any atom is 3.00 e. The van der Waals surface area contributed by atoms with Crippen molar-refractivity contribution in [1.82, 2.24) is 0 Å². The molecule has 0 nitrogen and oxygen atoms in total. The summed E-state index contributed by atoms with van der Waals surface area (Å²) < 4.78 is 0. The number of hydrogen-bond acceptors (Lipinski definition) is 0. The van der Waals surface area contributed by atoms with Gasteiger partial charge in [0.2, 0.25) is 0 Å². The average Bonchev–Trinajstić information content (AvgIpc) is 1.62. The molecule has 0 aromatic rings. The van der Waals surface area contributed by atoms with Gasteiger partial charge in [-0.3, -0.25) is 0 Å².